The zero-order valence-corrected chi connectivity index (χ0v) is 12.4. The Balaban J connectivity index is 2.06. The second kappa shape index (κ2) is 5.66. The maximum Gasteiger partial charge on any atom is 0.330 e. The molecule has 0 amide bonds. The number of benzene rings is 2. The summed E-state index contributed by atoms with van der Waals surface area (Å²) in [6.45, 7) is 0. The summed E-state index contributed by atoms with van der Waals surface area (Å²) >= 11 is 0. The summed E-state index contributed by atoms with van der Waals surface area (Å²) in [5, 5.41) is 1.07. The number of aromatic amines is 1. The van der Waals surface area contributed by atoms with Gasteiger partial charge in [0, 0.05) is 23.5 Å². The van der Waals surface area contributed by atoms with Crippen LogP contribution in [0.15, 0.2) is 60.8 Å². The number of hydrogen-bond donors (Lipinski definition) is 2. The molecule has 0 fully saturated rings. The summed E-state index contributed by atoms with van der Waals surface area (Å²) in [6, 6.07) is 17.3. The average Bonchev–Trinajstić information content (AvgIpc) is 2.98. The number of fused-ring (bicyclic) bond motifs is 1. The summed E-state index contributed by atoms with van der Waals surface area (Å²) in [6.07, 6.45) is 2.27. The molecule has 2 aromatic carbocycles. The highest BCUT2D eigenvalue weighted by atomic mass is 16.5. The van der Waals surface area contributed by atoms with Gasteiger partial charge in [-0.3, -0.25) is 0 Å². The smallest absolute Gasteiger partial charge is 0.330 e. The fourth-order valence-electron chi connectivity index (χ4n) is 2.79. The van der Waals surface area contributed by atoms with E-state index in [2.05, 4.69) is 4.98 Å². The van der Waals surface area contributed by atoms with E-state index in [0.29, 0.717) is 6.42 Å². The van der Waals surface area contributed by atoms with Gasteiger partial charge in [-0.15, -0.1) is 0 Å². The number of H-pyrrole nitrogens is 1. The van der Waals surface area contributed by atoms with Crippen molar-refractivity contribution in [3.63, 3.8) is 0 Å². The summed E-state index contributed by atoms with van der Waals surface area (Å²) in [7, 11) is 1.36. The number of para-hydroxylation sites is 1. The van der Waals surface area contributed by atoms with Crippen LogP contribution in [0.5, 0.6) is 0 Å². The van der Waals surface area contributed by atoms with Gasteiger partial charge < -0.3 is 15.5 Å². The van der Waals surface area contributed by atoms with E-state index in [1.165, 1.54) is 7.11 Å². The van der Waals surface area contributed by atoms with Gasteiger partial charge in [0.1, 0.15) is 5.54 Å². The topological polar surface area (TPSA) is 68.1 Å². The van der Waals surface area contributed by atoms with E-state index in [-0.39, 0.29) is 0 Å². The highest BCUT2D eigenvalue weighted by Gasteiger charge is 2.38. The van der Waals surface area contributed by atoms with Crippen LogP contribution < -0.4 is 5.73 Å². The van der Waals surface area contributed by atoms with E-state index in [4.69, 9.17) is 10.5 Å². The maximum atomic E-state index is 12.3. The van der Waals surface area contributed by atoms with Gasteiger partial charge in [-0.25, -0.2) is 4.79 Å². The zero-order valence-electron chi connectivity index (χ0n) is 12.4. The molecule has 1 aromatic heterocycles. The Morgan fingerprint density at radius 3 is 2.55 bits per heavy atom. The number of esters is 1. The van der Waals surface area contributed by atoms with Crippen LogP contribution in [-0.4, -0.2) is 18.1 Å². The number of nitrogens with two attached hydrogens (primary N) is 1. The Labute approximate surface area is 128 Å². The lowest BCUT2D eigenvalue weighted by Crippen LogP contribution is -2.47. The van der Waals surface area contributed by atoms with Crippen molar-refractivity contribution in [1.29, 1.82) is 0 Å². The van der Waals surface area contributed by atoms with E-state index in [9.17, 15) is 4.79 Å². The van der Waals surface area contributed by atoms with Gasteiger partial charge in [-0.05, 0) is 17.2 Å². The molecule has 3 rings (SSSR count). The molecule has 22 heavy (non-hydrogen) atoms. The van der Waals surface area contributed by atoms with Crippen LogP contribution in [0.3, 0.4) is 0 Å². The minimum atomic E-state index is -1.21. The van der Waals surface area contributed by atoms with Crippen LogP contribution in [0.25, 0.3) is 10.9 Å². The SMILES string of the molecule is COC(=O)[C@](N)(Cc1c[nH]c2ccccc12)c1ccccc1. The van der Waals surface area contributed by atoms with E-state index in [1.54, 1.807) is 0 Å². The number of aromatic nitrogens is 1. The van der Waals surface area contributed by atoms with Gasteiger partial charge in [0.15, 0.2) is 0 Å². The van der Waals surface area contributed by atoms with Crippen LogP contribution in [0.4, 0.5) is 0 Å². The highest BCUT2D eigenvalue weighted by Crippen LogP contribution is 2.28. The van der Waals surface area contributed by atoms with Gasteiger partial charge in [0.25, 0.3) is 0 Å². The third kappa shape index (κ3) is 2.38. The summed E-state index contributed by atoms with van der Waals surface area (Å²) in [5.41, 5.74) is 8.02. The van der Waals surface area contributed by atoms with E-state index in [1.807, 2.05) is 60.8 Å². The molecule has 0 saturated heterocycles. The number of carbonyl (C=O) groups is 1. The standard InChI is InChI=1S/C18H18N2O2/c1-22-17(21)18(19,14-7-3-2-4-8-14)11-13-12-20-16-10-6-5-9-15(13)16/h2-10,12,20H,11,19H2,1H3/t18-/m0/s1. The lowest BCUT2D eigenvalue weighted by Gasteiger charge is -2.27. The molecular formula is C18H18N2O2. The van der Waals surface area contributed by atoms with Crippen LogP contribution >= 0.6 is 0 Å². The Hall–Kier alpha value is -2.59. The lowest BCUT2D eigenvalue weighted by molar-refractivity contribution is -0.147. The molecule has 0 aliphatic heterocycles. The summed E-state index contributed by atoms with van der Waals surface area (Å²) < 4.78 is 4.96. The second-order valence-corrected chi connectivity index (χ2v) is 5.37. The van der Waals surface area contributed by atoms with E-state index >= 15 is 0 Å². The molecule has 3 N–H and O–H groups in total. The first-order valence-electron chi connectivity index (χ1n) is 7.13. The molecule has 0 saturated carbocycles. The van der Waals surface area contributed by atoms with Crippen molar-refractivity contribution in [2.45, 2.75) is 12.0 Å². The Morgan fingerprint density at radius 1 is 1.14 bits per heavy atom. The molecule has 4 nitrogen and oxygen atoms in total. The van der Waals surface area contributed by atoms with Crippen LogP contribution in [-0.2, 0) is 21.5 Å². The van der Waals surface area contributed by atoms with Crippen molar-refractivity contribution in [2.24, 2.45) is 5.73 Å². The third-order valence-corrected chi connectivity index (χ3v) is 3.98. The van der Waals surface area contributed by atoms with Crippen molar-refractivity contribution in [2.75, 3.05) is 7.11 Å². The molecule has 112 valence electrons. The molecular weight excluding hydrogens is 276 g/mol. The van der Waals surface area contributed by atoms with Crippen molar-refractivity contribution in [1.82, 2.24) is 4.98 Å². The predicted octanol–water partition coefficient (Wildman–Crippen LogP) is 2.74. The molecule has 0 aliphatic carbocycles. The first-order valence-corrected chi connectivity index (χ1v) is 7.13. The monoisotopic (exact) mass is 294 g/mol. The van der Waals surface area contributed by atoms with Crippen molar-refractivity contribution in [3.05, 3.63) is 71.9 Å². The Kier molecular flexibility index (Phi) is 3.69. The van der Waals surface area contributed by atoms with Gasteiger partial charge in [-0.2, -0.15) is 0 Å². The van der Waals surface area contributed by atoms with Gasteiger partial charge in [0.05, 0.1) is 7.11 Å². The van der Waals surface area contributed by atoms with Crippen LogP contribution in [0, 0.1) is 0 Å². The molecule has 0 unspecified atom stereocenters. The van der Waals surface area contributed by atoms with Crippen LogP contribution in [0.2, 0.25) is 0 Å². The molecule has 0 spiro atoms. The number of ether oxygens (including phenoxy) is 1. The normalized spacial score (nSPS) is 13.7. The first-order chi connectivity index (χ1) is 10.6. The molecule has 0 radical (unpaired) electrons. The van der Waals surface area contributed by atoms with E-state index < -0.39 is 11.5 Å². The van der Waals surface area contributed by atoms with Crippen molar-refractivity contribution < 1.29 is 9.53 Å². The average molecular weight is 294 g/mol. The first kappa shape index (κ1) is 14.4. The quantitative estimate of drug-likeness (QED) is 0.727. The number of rotatable bonds is 4. The fraction of sp³-hybridized carbons (Fsp3) is 0.167. The molecule has 0 bridgehead atoms. The molecule has 1 heterocycles. The minimum Gasteiger partial charge on any atom is -0.467 e. The van der Waals surface area contributed by atoms with Gasteiger partial charge in [0.2, 0.25) is 0 Å². The van der Waals surface area contributed by atoms with Crippen LogP contribution in [0.1, 0.15) is 11.1 Å². The number of hydrogen-bond acceptors (Lipinski definition) is 3. The molecule has 1 atom stereocenters. The second-order valence-electron chi connectivity index (χ2n) is 5.37. The van der Waals surface area contributed by atoms with Gasteiger partial charge >= 0.3 is 5.97 Å². The Bertz CT molecular complexity index is 795. The molecule has 0 aliphatic rings. The Morgan fingerprint density at radius 2 is 1.82 bits per heavy atom. The number of carbonyl (C=O) groups excluding carboxylic acids is 1. The summed E-state index contributed by atoms with van der Waals surface area (Å²) in [5.74, 6) is -0.441. The maximum absolute atomic E-state index is 12.3. The molecule has 3 aromatic rings. The van der Waals surface area contributed by atoms with Gasteiger partial charge in [-0.1, -0.05) is 48.5 Å². The fourth-order valence-corrected chi connectivity index (χ4v) is 2.79. The number of methoxy groups -OCH3 is 1. The third-order valence-electron chi connectivity index (χ3n) is 3.98. The number of nitrogens with one attached hydrogen (secondary N) is 1. The largest absolute Gasteiger partial charge is 0.467 e. The lowest BCUT2D eigenvalue weighted by atomic mass is 9.84. The van der Waals surface area contributed by atoms with Crippen molar-refractivity contribution in [3.8, 4) is 0 Å². The highest BCUT2D eigenvalue weighted by molar-refractivity contribution is 5.87. The molecule has 4 heteroatoms. The van der Waals surface area contributed by atoms with E-state index in [0.717, 1.165) is 22.0 Å². The summed E-state index contributed by atoms with van der Waals surface area (Å²) in [4.78, 5) is 15.6. The minimum absolute atomic E-state index is 0.369. The predicted molar refractivity (Wildman–Crippen MR) is 86.3 cm³/mol. The zero-order chi connectivity index (χ0) is 15.6. The van der Waals surface area contributed by atoms with Crippen molar-refractivity contribution >= 4 is 16.9 Å².